The van der Waals surface area contributed by atoms with Crippen LogP contribution in [0.3, 0.4) is 0 Å². The molecular weight excluding hydrogens is 254 g/mol. The molecule has 1 aromatic rings. The Labute approximate surface area is 106 Å². The Morgan fingerprint density at radius 1 is 1.39 bits per heavy atom. The molecule has 0 unspecified atom stereocenters. The van der Waals surface area contributed by atoms with Crippen molar-refractivity contribution in [2.24, 2.45) is 5.41 Å². The summed E-state index contributed by atoms with van der Waals surface area (Å²) in [6.07, 6.45) is 0. The summed E-state index contributed by atoms with van der Waals surface area (Å²) in [4.78, 5) is 11.0. The molecule has 1 aliphatic heterocycles. The molecule has 0 aliphatic carbocycles. The van der Waals surface area contributed by atoms with Gasteiger partial charge in [0.15, 0.2) is 9.84 Å². The van der Waals surface area contributed by atoms with Crippen molar-refractivity contribution in [1.29, 1.82) is 0 Å². The third kappa shape index (κ3) is 2.20. The molecule has 18 heavy (non-hydrogen) atoms. The van der Waals surface area contributed by atoms with E-state index in [9.17, 15) is 13.2 Å². The number of fused-ring (bicyclic) bond motifs is 1. The number of sulfone groups is 1. The van der Waals surface area contributed by atoms with E-state index in [0.717, 1.165) is 0 Å². The summed E-state index contributed by atoms with van der Waals surface area (Å²) in [5.41, 5.74) is -0.230. The first-order valence-electron chi connectivity index (χ1n) is 5.56. The van der Waals surface area contributed by atoms with Crippen LogP contribution in [-0.2, 0) is 9.84 Å². The van der Waals surface area contributed by atoms with Crippen molar-refractivity contribution < 1.29 is 18.3 Å². The summed E-state index contributed by atoms with van der Waals surface area (Å²) in [5, 5.41) is 12.1. The van der Waals surface area contributed by atoms with E-state index in [1.54, 1.807) is 12.1 Å². The quantitative estimate of drug-likeness (QED) is 0.809. The predicted octanol–water partition coefficient (Wildman–Crippen LogP) is 1.61. The highest BCUT2D eigenvalue weighted by molar-refractivity contribution is 7.91. The van der Waals surface area contributed by atoms with Crippen molar-refractivity contribution in [3.05, 3.63) is 23.8 Å². The van der Waals surface area contributed by atoms with Gasteiger partial charge in [0.05, 0.1) is 17.0 Å². The Hall–Kier alpha value is -1.56. The van der Waals surface area contributed by atoms with Crippen LogP contribution in [0.2, 0.25) is 0 Å². The van der Waals surface area contributed by atoms with E-state index in [4.69, 9.17) is 5.11 Å². The van der Waals surface area contributed by atoms with E-state index in [2.05, 4.69) is 5.32 Å². The van der Waals surface area contributed by atoms with Crippen LogP contribution in [0, 0.1) is 5.41 Å². The van der Waals surface area contributed by atoms with Gasteiger partial charge in [0.1, 0.15) is 4.90 Å². The number of aromatic carboxylic acids is 1. The van der Waals surface area contributed by atoms with Crippen molar-refractivity contribution in [2.75, 3.05) is 17.6 Å². The molecule has 98 valence electrons. The number of anilines is 1. The fourth-order valence-corrected chi connectivity index (χ4v) is 4.39. The molecule has 6 heteroatoms. The fourth-order valence-electron chi connectivity index (χ4n) is 2.15. The maximum atomic E-state index is 12.3. The van der Waals surface area contributed by atoms with Crippen molar-refractivity contribution in [1.82, 2.24) is 0 Å². The van der Waals surface area contributed by atoms with Gasteiger partial charge in [-0.25, -0.2) is 13.2 Å². The molecule has 0 radical (unpaired) electrons. The van der Waals surface area contributed by atoms with Gasteiger partial charge in [0.25, 0.3) is 0 Å². The molecule has 0 atom stereocenters. The van der Waals surface area contributed by atoms with E-state index in [1.165, 1.54) is 6.07 Å². The monoisotopic (exact) mass is 269 g/mol. The number of nitrogens with one attached hydrogen (secondary N) is 1. The topological polar surface area (TPSA) is 83.5 Å². The minimum absolute atomic E-state index is 0.0652. The molecule has 0 bridgehead atoms. The summed E-state index contributed by atoms with van der Waals surface area (Å²) in [7, 11) is -3.61. The second-order valence-corrected chi connectivity index (χ2v) is 7.19. The highest BCUT2D eigenvalue weighted by Crippen LogP contribution is 2.34. The van der Waals surface area contributed by atoms with Crippen LogP contribution in [-0.4, -0.2) is 31.8 Å². The molecule has 0 fully saturated rings. The minimum atomic E-state index is -3.61. The van der Waals surface area contributed by atoms with Crippen LogP contribution in [0.25, 0.3) is 0 Å². The molecule has 0 spiro atoms. The number of rotatable bonds is 1. The predicted molar refractivity (Wildman–Crippen MR) is 67.7 cm³/mol. The zero-order valence-corrected chi connectivity index (χ0v) is 11.0. The van der Waals surface area contributed by atoms with Gasteiger partial charge in [0.2, 0.25) is 0 Å². The van der Waals surface area contributed by atoms with E-state index in [1.807, 2.05) is 13.8 Å². The number of hydrogen-bond donors (Lipinski definition) is 2. The zero-order chi connectivity index (χ0) is 13.6. The summed E-state index contributed by atoms with van der Waals surface area (Å²) in [6, 6.07) is 4.46. The first kappa shape index (κ1) is 12.9. The van der Waals surface area contributed by atoms with Gasteiger partial charge in [-0.05, 0) is 17.5 Å². The molecule has 1 heterocycles. The molecule has 0 aromatic heterocycles. The summed E-state index contributed by atoms with van der Waals surface area (Å²) in [6.45, 7) is 4.16. The lowest BCUT2D eigenvalue weighted by Crippen LogP contribution is -2.28. The van der Waals surface area contributed by atoms with Crippen LogP contribution >= 0.6 is 0 Å². The first-order valence-corrected chi connectivity index (χ1v) is 7.21. The highest BCUT2D eigenvalue weighted by atomic mass is 32.2. The highest BCUT2D eigenvalue weighted by Gasteiger charge is 2.35. The standard InChI is InChI=1S/C12H15NO4S/c1-12(2)6-13-9-5-3-4-8(11(14)15)10(9)18(16,17)7-12/h3-5,13H,6-7H2,1-2H3,(H,14,15). The smallest absolute Gasteiger partial charge is 0.337 e. The Kier molecular flexibility index (Phi) is 2.85. The number of carboxylic acids is 1. The van der Waals surface area contributed by atoms with Gasteiger partial charge in [-0.2, -0.15) is 0 Å². The van der Waals surface area contributed by atoms with Gasteiger partial charge in [-0.15, -0.1) is 0 Å². The van der Waals surface area contributed by atoms with Crippen molar-refractivity contribution >= 4 is 21.5 Å². The Balaban J connectivity index is 2.71. The fraction of sp³-hybridized carbons (Fsp3) is 0.417. The summed E-state index contributed by atoms with van der Waals surface area (Å²) < 4.78 is 24.7. The largest absolute Gasteiger partial charge is 0.478 e. The molecule has 1 aromatic carbocycles. The first-order chi connectivity index (χ1) is 8.23. The molecule has 1 aliphatic rings. The third-order valence-corrected chi connectivity index (χ3v) is 5.12. The Morgan fingerprint density at radius 2 is 2.06 bits per heavy atom. The van der Waals surface area contributed by atoms with Crippen LogP contribution < -0.4 is 5.32 Å². The third-order valence-electron chi connectivity index (χ3n) is 2.89. The van der Waals surface area contributed by atoms with Gasteiger partial charge < -0.3 is 10.4 Å². The second-order valence-electron chi connectivity index (χ2n) is 5.26. The van der Waals surface area contributed by atoms with Crippen LogP contribution in [0.4, 0.5) is 5.69 Å². The van der Waals surface area contributed by atoms with Gasteiger partial charge in [-0.3, -0.25) is 0 Å². The van der Waals surface area contributed by atoms with E-state index < -0.39 is 21.2 Å². The maximum Gasteiger partial charge on any atom is 0.337 e. The Morgan fingerprint density at radius 3 is 2.67 bits per heavy atom. The maximum absolute atomic E-state index is 12.3. The van der Waals surface area contributed by atoms with E-state index >= 15 is 0 Å². The minimum Gasteiger partial charge on any atom is -0.478 e. The Bertz CT molecular complexity index is 605. The summed E-state index contributed by atoms with van der Waals surface area (Å²) >= 11 is 0. The number of benzene rings is 1. The molecular formula is C12H15NO4S. The summed E-state index contributed by atoms with van der Waals surface area (Å²) in [5.74, 6) is -1.29. The SMILES string of the molecule is CC1(C)CNc2cccc(C(=O)O)c2S(=O)(=O)C1. The second kappa shape index (κ2) is 3.98. The molecule has 2 rings (SSSR count). The normalized spacial score (nSPS) is 20.3. The molecule has 0 amide bonds. The lowest BCUT2D eigenvalue weighted by Gasteiger charge is -2.20. The number of carbonyl (C=O) groups is 1. The lowest BCUT2D eigenvalue weighted by atomic mass is 9.96. The van der Waals surface area contributed by atoms with Crippen molar-refractivity contribution in [2.45, 2.75) is 18.7 Å². The lowest BCUT2D eigenvalue weighted by molar-refractivity contribution is 0.0692. The van der Waals surface area contributed by atoms with Crippen LogP contribution in [0.5, 0.6) is 0 Å². The number of carboxylic acid groups (broad SMARTS) is 1. The molecule has 5 nitrogen and oxygen atoms in total. The molecule has 0 saturated heterocycles. The van der Waals surface area contributed by atoms with Crippen LogP contribution in [0.15, 0.2) is 23.1 Å². The van der Waals surface area contributed by atoms with E-state index in [-0.39, 0.29) is 16.2 Å². The van der Waals surface area contributed by atoms with Crippen molar-refractivity contribution in [3.8, 4) is 0 Å². The molecule has 2 N–H and O–H groups in total. The van der Waals surface area contributed by atoms with Crippen LogP contribution in [0.1, 0.15) is 24.2 Å². The van der Waals surface area contributed by atoms with Gasteiger partial charge >= 0.3 is 5.97 Å². The molecule has 0 saturated carbocycles. The zero-order valence-electron chi connectivity index (χ0n) is 10.2. The average molecular weight is 269 g/mol. The van der Waals surface area contributed by atoms with E-state index in [0.29, 0.717) is 12.2 Å². The average Bonchev–Trinajstić information content (AvgIpc) is 2.32. The van der Waals surface area contributed by atoms with Gasteiger partial charge in [-0.1, -0.05) is 19.9 Å². The number of hydrogen-bond acceptors (Lipinski definition) is 4. The van der Waals surface area contributed by atoms with Crippen molar-refractivity contribution in [3.63, 3.8) is 0 Å². The van der Waals surface area contributed by atoms with Gasteiger partial charge in [0, 0.05) is 6.54 Å².